The molecule has 1 aliphatic heterocycles. The van der Waals surface area contributed by atoms with Crippen LogP contribution >= 0.6 is 0 Å². The molecule has 0 unspecified atom stereocenters. The Balaban J connectivity index is 2.42. The standard InChI is InChI=1S/C11H23N/c1-4-7-11-8-5-6-9-12(11)10(2)3/h10-11H,4-9H2,1-3H3/t11-/m0/s1. The summed E-state index contributed by atoms with van der Waals surface area (Å²) in [7, 11) is 0. The van der Waals surface area contributed by atoms with Crippen LogP contribution in [0.25, 0.3) is 0 Å². The Morgan fingerprint density at radius 3 is 2.67 bits per heavy atom. The highest BCUT2D eigenvalue weighted by atomic mass is 15.2. The first kappa shape index (κ1) is 10.0. The van der Waals surface area contributed by atoms with Gasteiger partial charge in [-0.1, -0.05) is 19.8 Å². The van der Waals surface area contributed by atoms with Gasteiger partial charge in [-0.25, -0.2) is 0 Å². The first-order valence-electron chi connectivity index (χ1n) is 5.51. The van der Waals surface area contributed by atoms with Gasteiger partial charge in [0, 0.05) is 12.1 Å². The van der Waals surface area contributed by atoms with Crippen molar-refractivity contribution in [1.29, 1.82) is 0 Å². The third kappa shape index (κ3) is 2.48. The highest BCUT2D eigenvalue weighted by molar-refractivity contribution is 4.78. The van der Waals surface area contributed by atoms with Crippen LogP contribution in [-0.2, 0) is 0 Å². The zero-order chi connectivity index (χ0) is 8.97. The summed E-state index contributed by atoms with van der Waals surface area (Å²) >= 11 is 0. The van der Waals surface area contributed by atoms with E-state index >= 15 is 0 Å². The molecule has 1 saturated heterocycles. The predicted molar refractivity (Wildman–Crippen MR) is 54.4 cm³/mol. The van der Waals surface area contributed by atoms with E-state index in [4.69, 9.17) is 0 Å². The Bertz CT molecular complexity index is 118. The minimum Gasteiger partial charge on any atom is -0.298 e. The molecule has 0 spiro atoms. The second-order valence-corrected chi connectivity index (χ2v) is 4.27. The van der Waals surface area contributed by atoms with Crippen molar-refractivity contribution in [3.63, 3.8) is 0 Å². The van der Waals surface area contributed by atoms with Crippen molar-refractivity contribution in [2.24, 2.45) is 0 Å². The summed E-state index contributed by atoms with van der Waals surface area (Å²) in [5.41, 5.74) is 0. The first-order valence-corrected chi connectivity index (χ1v) is 5.51. The van der Waals surface area contributed by atoms with Crippen LogP contribution in [0.4, 0.5) is 0 Å². The minimum absolute atomic E-state index is 0.752. The van der Waals surface area contributed by atoms with E-state index in [0.717, 1.165) is 12.1 Å². The molecule has 1 aliphatic rings. The van der Waals surface area contributed by atoms with Gasteiger partial charge < -0.3 is 0 Å². The van der Waals surface area contributed by atoms with Crippen molar-refractivity contribution in [3.05, 3.63) is 0 Å². The molecule has 0 amide bonds. The number of hydrogen-bond donors (Lipinski definition) is 0. The molecular weight excluding hydrogens is 146 g/mol. The summed E-state index contributed by atoms with van der Waals surface area (Å²) in [4.78, 5) is 2.69. The van der Waals surface area contributed by atoms with Gasteiger partial charge in [-0.3, -0.25) is 4.90 Å². The van der Waals surface area contributed by atoms with E-state index in [-0.39, 0.29) is 0 Å². The third-order valence-electron chi connectivity index (χ3n) is 2.96. The van der Waals surface area contributed by atoms with Crippen LogP contribution < -0.4 is 0 Å². The average Bonchev–Trinajstić information content (AvgIpc) is 2.05. The zero-order valence-corrected chi connectivity index (χ0v) is 8.84. The van der Waals surface area contributed by atoms with E-state index < -0.39 is 0 Å². The van der Waals surface area contributed by atoms with Crippen LogP contribution in [0.2, 0.25) is 0 Å². The Labute approximate surface area is 77.1 Å². The first-order chi connectivity index (χ1) is 5.75. The van der Waals surface area contributed by atoms with Gasteiger partial charge in [0.05, 0.1) is 0 Å². The molecule has 1 heterocycles. The third-order valence-corrected chi connectivity index (χ3v) is 2.96. The van der Waals surface area contributed by atoms with E-state index in [1.165, 1.54) is 38.6 Å². The molecule has 12 heavy (non-hydrogen) atoms. The Morgan fingerprint density at radius 1 is 1.33 bits per heavy atom. The lowest BCUT2D eigenvalue weighted by atomic mass is 9.97. The summed E-state index contributed by atoms with van der Waals surface area (Å²) in [5.74, 6) is 0. The van der Waals surface area contributed by atoms with Crippen LogP contribution in [0.5, 0.6) is 0 Å². The fourth-order valence-corrected chi connectivity index (χ4v) is 2.35. The molecule has 1 nitrogen and oxygen atoms in total. The van der Waals surface area contributed by atoms with Crippen molar-refractivity contribution in [2.45, 2.75) is 65.0 Å². The summed E-state index contributed by atoms with van der Waals surface area (Å²) in [6.07, 6.45) is 7.05. The lowest BCUT2D eigenvalue weighted by Crippen LogP contribution is -2.43. The van der Waals surface area contributed by atoms with Gasteiger partial charge in [-0.05, 0) is 39.7 Å². The lowest BCUT2D eigenvalue weighted by Gasteiger charge is -2.38. The maximum absolute atomic E-state index is 2.69. The predicted octanol–water partition coefficient (Wildman–Crippen LogP) is 3.05. The fourth-order valence-electron chi connectivity index (χ4n) is 2.35. The van der Waals surface area contributed by atoms with Crippen molar-refractivity contribution in [3.8, 4) is 0 Å². The average molecular weight is 169 g/mol. The molecule has 1 heteroatoms. The summed E-state index contributed by atoms with van der Waals surface area (Å²) in [6.45, 7) is 8.29. The molecule has 72 valence electrons. The van der Waals surface area contributed by atoms with Crippen LogP contribution in [-0.4, -0.2) is 23.5 Å². The minimum atomic E-state index is 0.752. The van der Waals surface area contributed by atoms with Crippen molar-refractivity contribution >= 4 is 0 Å². The van der Waals surface area contributed by atoms with Crippen molar-refractivity contribution in [1.82, 2.24) is 4.90 Å². The molecule has 0 aliphatic carbocycles. The number of nitrogens with zero attached hydrogens (tertiary/aromatic N) is 1. The quantitative estimate of drug-likeness (QED) is 0.627. The molecule has 0 radical (unpaired) electrons. The SMILES string of the molecule is CCC[C@H]1CCCCN1C(C)C. The van der Waals surface area contributed by atoms with E-state index in [1.54, 1.807) is 0 Å². The fraction of sp³-hybridized carbons (Fsp3) is 1.00. The van der Waals surface area contributed by atoms with Gasteiger partial charge in [0.25, 0.3) is 0 Å². The van der Waals surface area contributed by atoms with Gasteiger partial charge in [-0.2, -0.15) is 0 Å². The molecule has 0 bridgehead atoms. The van der Waals surface area contributed by atoms with Gasteiger partial charge in [0.2, 0.25) is 0 Å². The highest BCUT2D eigenvalue weighted by Gasteiger charge is 2.22. The second kappa shape index (κ2) is 4.86. The second-order valence-electron chi connectivity index (χ2n) is 4.27. The summed E-state index contributed by atoms with van der Waals surface area (Å²) in [5, 5.41) is 0. The van der Waals surface area contributed by atoms with Gasteiger partial charge in [0.15, 0.2) is 0 Å². The molecule has 0 aromatic carbocycles. The monoisotopic (exact) mass is 169 g/mol. The molecule has 1 atom stereocenters. The molecular formula is C11H23N. The van der Waals surface area contributed by atoms with Gasteiger partial charge in [0.1, 0.15) is 0 Å². The smallest absolute Gasteiger partial charge is 0.00978 e. The normalized spacial score (nSPS) is 26.5. The van der Waals surface area contributed by atoms with Crippen molar-refractivity contribution in [2.75, 3.05) is 6.54 Å². The van der Waals surface area contributed by atoms with E-state index in [9.17, 15) is 0 Å². The van der Waals surface area contributed by atoms with Crippen LogP contribution in [0.15, 0.2) is 0 Å². The maximum Gasteiger partial charge on any atom is 0.00978 e. The van der Waals surface area contributed by atoms with E-state index in [0.29, 0.717) is 0 Å². The summed E-state index contributed by atoms with van der Waals surface area (Å²) < 4.78 is 0. The van der Waals surface area contributed by atoms with Crippen molar-refractivity contribution < 1.29 is 0 Å². The molecule has 0 saturated carbocycles. The van der Waals surface area contributed by atoms with Crippen LogP contribution in [0.3, 0.4) is 0 Å². The molecule has 0 aromatic rings. The topological polar surface area (TPSA) is 3.24 Å². The molecule has 0 aromatic heterocycles. The van der Waals surface area contributed by atoms with E-state index in [2.05, 4.69) is 25.7 Å². The maximum atomic E-state index is 2.69. The molecule has 1 rings (SSSR count). The molecule has 0 N–H and O–H groups in total. The zero-order valence-electron chi connectivity index (χ0n) is 8.84. The number of likely N-dealkylation sites (tertiary alicyclic amines) is 1. The largest absolute Gasteiger partial charge is 0.298 e. The van der Waals surface area contributed by atoms with Gasteiger partial charge >= 0.3 is 0 Å². The van der Waals surface area contributed by atoms with E-state index in [1.807, 2.05) is 0 Å². The van der Waals surface area contributed by atoms with Crippen LogP contribution in [0, 0.1) is 0 Å². The Morgan fingerprint density at radius 2 is 2.08 bits per heavy atom. The lowest BCUT2D eigenvalue weighted by molar-refractivity contribution is 0.105. The number of piperidine rings is 1. The molecule has 1 fully saturated rings. The summed E-state index contributed by atoms with van der Waals surface area (Å²) in [6, 6.07) is 1.64. The Hall–Kier alpha value is -0.0400. The highest BCUT2D eigenvalue weighted by Crippen LogP contribution is 2.22. The Kier molecular flexibility index (Phi) is 4.07. The number of rotatable bonds is 3. The van der Waals surface area contributed by atoms with Gasteiger partial charge in [-0.15, -0.1) is 0 Å². The number of hydrogen-bond acceptors (Lipinski definition) is 1. The van der Waals surface area contributed by atoms with Crippen LogP contribution in [0.1, 0.15) is 52.9 Å².